The number of fused-ring (bicyclic) bond motifs is 2. The molecular weight excluding hydrogens is 356 g/mol. The van der Waals surface area contributed by atoms with Crippen molar-refractivity contribution >= 4 is 33.7 Å². The summed E-state index contributed by atoms with van der Waals surface area (Å²) < 4.78 is 6.90. The normalized spacial score (nSPS) is 11.1. The van der Waals surface area contributed by atoms with Crippen LogP contribution in [0.15, 0.2) is 53.3 Å². The molecule has 3 aromatic rings. The van der Waals surface area contributed by atoms with Crippen LogP contribution >= 0.6 is 0 Å². The van der Waals surface area contributed by atoms with Gasteiger partial charge in [-0.15, -0.1) is 0 Å². The second-order valence-electron chi connectivity index (χ2n) is 7.14. The highest BCUT2D eigenvalue weighted by Crippen LogP contribution is 2.19. The van der Waals surface area contributed by atoms with Gasteiger partial charge in [-0.1, -0.05) is 38.1 Å². The van der Waals surface area contributed by atoms with Gasteiger partial charge in [0.25, 0.3) is 5.91 Å². The number of para-hydroxylation sites is 2. The highest BCUT2D eigenvalue weighted by atomic mass is 16.5. The van der Waals surface area contributed by atoms with Crippen molar-refractivity contribution in [3.8, 4) is 0 Å². The summed E-state index contributed by atoms with van der Waals surface area (Å²) in [6, 6.07) is 14.3. The Hall–Kier alpha value is -3.15. The van der Waals surface area contributed by atoms with E-state index >= 15 is 0 Å². The standard InChI is InChI=1S/C22H24N2O4/c1-15(2)11-12-23-20(25)14-28-21(26)13-24-18-9-5-3-7-16(18)22(27)17-8-4-6-10-19(17)24/h3-10,15H,11-14H2,1-2H3,(H,23,25). The molecule has 0 spiro atoms. The van der Waals surface area contributed by atoms with E-state index in [0.717, 1.165) is 6.42 Å². The molecule has 0 unspecified atom stereocenters. The zero-order chi connectivity index (χ0) is 20.1. The van der Waals surface area contributed by atoms with E-state index < -0.39 is 5.97 Å². The first-order valence-corrected chi connectivity index (χ1v) is 9.40. The molecule has 1 N–H and O–H groups in total. The molecule has 1 amide bonds. The fourth-order valence-corrected chi connectivity index (χ4v) is 3.12. The molecule has 0 aliphatic carbocycles. The maximum absolute atomic E-state index is 12.7. The predicted molar refractivity (Wildman–Crippen MR) is 109 cm³/mol. The number of ether oxygens (including phenoxy) is 1. The van der Waals surface area contributed by atoms with E-state index in [1.807, 2.05) is 12.1 Å². The van der Waals surface area contributed by atoms with E-state index in [2.05, 4.69) is 19.2 Å². The molecule has 0 aliphatic rings. The molecule has 0 atom stereocenters. The van der Waals surface area contributed by atoms with Crippen LogP contribution in [0.1, 0.15) is 20.3 Å². The maximum atomic E-state index is 12.7. The Balaban J connectivity index is 1.78. The summed E-state index contributed by atoms with van der Waals surface area (Å²) in [6.45, 7) is 4.31. The minimum Gasteiger partial charge on any atom is -0.454 e. The second kappa shape index (κ2) is 8.69. The summed E-state index contributed by atoms with van der Waals surface area (Å²) in [5.74, 6) is -0.355. The van der Waals surface area contributed by atoms with Crippen molar-refractivity contribution in [1.29, 1.82) is 0 Å². The molecule has 0 fully saturated rings. The van der Waals surface area contributed by atoms with Crippen LogP contribution in [0.25, 0.3) is 21.8 Å². The average molecular weight is 380 g/mol. The van der Waals surface area contributed by atoms with Gasteiger partial charge >= 0.3 is 5.97 Å². The molecular formula is C22H24N2O4. The lowest BCUT2D eigenvalue weighted by atomic mass is 10.1. The molecule has 1 aromatic heterocycles. The third kappa shape index (κ3) is 4.39. The van der Waals surface area contributed by atoms with Crippen molar-refractivity contribution in [3.63, 3.8) is 0 Å². The number of hydrogen-bond acceptors (Lipinski definition) is 4. The first-order valence-electron chi connectivity index (χ1n) is 9.40. The highest BCUT2D eigenvalue weighted by Gasteiger charge is 2.14. The molecule has 0 bridgehead atoms. The number of amides is 1. The van der Waals surface area contributed by atoms with Crippen molar-refractivity contribution in [2.75, 3.05) is 13.2 Å². The molecule has 2 aromatic carbocycles. The molecule has 0 saturated heterocycles. The summed E-state index contributed by atoms with van der Waals surface area (Å²) in [4.78, 5) is 36.9. The molecule has 0 saturated carbocycles. The zero-order valence-electron chi connectivity index (χ0n) is 16.1. The fourth-order valence-electron chi connectivity index (χ4n) is 3.12. The molecule has 6 nitrogen and oxygen atoms in total. The minimum atomic E-state index is -0.530. The van der Waals surface area contributed by atoms with Crippen molar-refractivity contribution in [1.82, 2.24) is 9.88 Å². The van der Waals surface area contributed by atoms with Crippen LogP contribution in [-0.4, -0.2) is 29.6 Å². The van der Waals surface area contributed by atoms with Gasteiger partial charge in [0, 0.05) is 17.3 Å². The number of nitrogens with one attached hydrogen (secondary N) is 1. The van der Waals surface area contributed by atoms with Gasteiger partial charge in [-0.2, -0.15) is 0 Å². The van der Waals surface area contributed by atoms with E-state index in [9.17, 15) is 14.4 Å². The average Bonchev–Trinajstić information content (AvgIpc) is 2.69. The second-order valence-corrected chi connectivity index (χ2v) is 7.14. The molecule has 1 heterocycles. The van der Waals surface area contributed by atoms with Gasteiger partial charge in [0.2, 0.25) is 0 Å². The third-order valence-electron chi connectivity index (χ3n) is 4.57. The van der Waals surface area contributed by atoms with Crippen LogP contribution in [-0.2, 0) is 20.9 Å². The van der Waals surface area contributed by atoms with Gasteiger partial charge in [0.1, 0.15) is 6.54 Å². The summed E-state index contributed by atoms with van der Waals surface area (Å²) in [7, 11) is 0. The largest absolute Gasteiger partial charge is 0.454 e. The quantitative estimate of drug-likeness (QED) is 0.505. The Morgan fingerprint density at radius 2 is 1.57 bits per heavy atom. The lowest BCUT2D eigenvalue weighted by Gasteiger charge is -2.14. The Morgan fingerprint density at radius 3 is 2.14 bits per heavy atom. The number of carbonyl (C=O) groups excluding carboxylic acids is 2. The van der Waals surface area contributed by atoms with Crippen molar-refractivity contribution in [2.24, 2.45) is 5.92 Å². The van der Waals surface area contributed by atoms with Crippen molar-refractivity contribution < 1.29 is 14.3 Å². The Kier molecular flexibility index (Phi) is 6.09. The molecule has 6 heteroatoms. The van der Waals surface area contributed by atoms with Crippen LogP contribution in [0.3, 0.4) is 0 Å². The number of hydrogen-bond donors (Lipinski definition) is 1. The molecule has 28 heavy (non-hydrogen) atoms. The lowest BCUT2D eigenvalue weighted by Crippen LogP contribution is -2.31. The number of aromatic nitrogens is 1. The van der Waals surface area contributed by atoms with Crippen LogP contribution < -0.4 is 10.7 Å². The van der Waals surface area contributed by atoms with Crippen LogP contribution in [0.2, 0.25) is 0 Å². The van der Waals surface area contributed by atoms with E-state index in [0.29, 0.717) is 34.3 Å². The number of benzene rings is 2. The fraction of sp³-hybridized carbons (Fsp3) is 0.318. The smallest absolute Gasteiger partial charge is 0.326 e. The van der Waals surface area contributed by atoms with Crippen molar-refractivity contribution in [2.45, 2.75) is 26.8 Å². The predicted octanol–water partition coefficient (Wildman–Crippen LogP) is 2.86. The number of esters is 1. The SMILES string of the molecule is CC(C)CCNC(=O)COC(=O)Cn1c2ccccc2c(=O)c2ccccc21. The Labute approximate surface area is 163 Å². The van der Waals surface area contributed by atoms with E-state index in [1.165, 1.54) is 0 Å². The van der Waals surface area contributed by atoms with Crippen LogP contribution in [0.5, 0.6) is 0 Å². The summed E-state index contributed by atoms with van der Waals surface area (Å²) in [5.41, 5.74) is 1.24. The topological polar surface area (TPSA) is 77.4 Å². The van der Waals surface area contributed by atoms with Crippen LogP contribution in [0, 0.1) is 5.92 Å². The first-order chi connectivity index (χ1) is 13.5. The third-order valence-corrected chi connectivity index (χ3v) is 4.57. The van der Waals surface area contributed by atoms with Crippen molar-refractivity contribution in [3.05, 3.63) is 58.8 Å². The summed E-state index contributed by atoms with van der Waals surface area (Å²) in [6.07, 6.45) is 0.870. The lowest BCUT2D eigenvalue weighted by molar-refractivity contribution is -0.149. The van der Waals surface area contributed by atoms with Gasteiger partial charge < -0.3 is 14.6 Å². The monoisotopic (exact) mass is 380 g/mol. The van der Waals surface area contributed by atoms with Gasteiger partial charge in [0.15, 0.2) is 12.0 Å². The number of nitrogens with zero attached hydrogens (tertiary/aromatic N) is 1. The van der Waals surface area contributed by atoms with E-state index in [-0.39, 0.29) is 24.5 Å². The minimum absolute atomic E-state index is 0.0691. The molecule has 0 radical (unpaired) electrons. The summed E-state index contributed by atoms with van der Waals surface area (Å²) in [5, 5.41) is 3.82. The zero-order valence-corrected chi connectivity index (χ0v) is 16.1. The highest BCUT2D eigenvalue weighted by molar-refractivity contribution is 5.94. The maximum Gasteiger partial charge on any atom is 0.326 e. The number of carbonyl (C=O) groups is 2. The van der Waals surface area contributed by atoms with E-state index in [1.54, 1.807) is 41.0 Å². The van der Waals surface area contributed by atoms with E-state index in [4.69, 9.17) is 4.74 Å². The van der Waals surface area contributed by atoms with Gasteiger partial charge in [-0.05, 0) is 36.6 Å². The molecule has 0 aliphatic heterocycles. The number of rotatable bonds is 7. The van der Waals surface area contributed by atoms with Gasteiger partial charge in [-0.25, -0.2) is 0 Å². The summed E-state index contributed by atoms with van der Waals surface area (Å²) >= 11 is 0. The molecule has 146 valence electrons. The van der Waals surface area contributed by atoms with Gasteiger partial charge in [0.05, 0.1) is 11.0 Å². The number of pyridine rings is 1. The Bertz CT molecular complexity index is 1010. The van der Waals surface area contributed by atoms with Gasteiger partial charge in [-0.3, -0.25) is 14.4 Å². The van der Waals surface area contributed by atoms with Crippen LogP contribution in [0.4, 0.5) is 0 Å². The Morgan fingerprint density at radius 1 is 1.00 bits per heavy atom. The molecule has 3 rings (SSSR count). The first kappa shape index (κ1) is 19.6.